The van der Waals surface area contributed by atoms with Gasteiger partial charge in [0.1, 0.15) is 11.5 Å². The van der Waals surface area contributed by atoms with Crippen LogP contribution in [0, 0.1) is 41.5 Å². The number of fused-ring (bicyclic) bond motifs is 3. The van der Waals surface area contributed by atoms with Gasteiger partial charge in [0, 0.05) is 0 Å². The van der Waals surface area contributed by atoms with Gasteiger partial charge in [-0.3, -0.25) is 0 Å². The Balaban J connectivity index is 1.99. The minimum atomic E-state index is -0.435. The van der Waals surface area contributed by atoms with Crippen LogP contribution in [0.1, 0.15) is 55.6 Å². The van der Waals surface area contributed by atoms with E-state index in [1.807, 2.05) is 0 Å². The summed E-state index contributed by atoms with van der Waals surface area (Å²) in [5, 5.41) is 0. The highest BCUT2D eigenvalue weighted by Crippen LogP contribution is 2.57. The van der Waals surface area contributed by atoms with Gasteiger partial charge in [0.15, 0.2) is 0 Å². The summed E-state index contributed by atoms with van der Waals surface area (Å²) in [6, 6.07) is 22.9. The average Bonchev–Trinajstić information content (AvgIpc) is 3.08. The highest BCUT2D eigenvalue weighted by molar-refractivity contribution is 5.88. The van der Waals surface area contributed by atoms with Gasteiger partial charge < -0.3 is 9.47 Å². The first-order valence-electron chi connectivity index (χ1n) is 12.3. The molecule has 2 nitrogen and oxygen atoms in total. The fourth-order valence-electron chi connectivity index (χ4n) is 5.86. The van der Waals surface area contributed by atoms with Gasteiger partial charge in [0.05, 0.1) is 19.6 Å². The molecule has 4 aromatic rings. The molecule has 0 N–H and O–H groups in total. The van der Waals surface area contributed by atoms with Crippen LogP contribution in [0.3, 0.4) is 0 Å². The third-order valence-corrected chi connectivity index (χ3v) is 8.02. The Labute approximate surface area is 209 Å². The third kappa shape index (κ3) is 3.31. The third-order valence-electron chi connectivity index (χ3n) is 8.02. The molecule has 0 spiro atoms. The van der Waals surface area contributed by atoms with E-state index in [9.17, 15) is 0 Å². The van der Waals surface area contributed by atoms with Crippen LogP contribution >= 0.6 is 0 Å². The SMILES string of the molecule is COc1ccc(C2(c3ccc(OC)c(C)c3)c3cc(C)c(C)cc3-c3cc(C)c(C)cc32)cc1C. The highest BCUT2D eigenvalue weighted by Gasteiger charge is 2.47. The van der Waals surface area contributed by atoms with Crippen LogP contribution in [-0.2, 0) is 5.41 Å². The number of benzene rings is 4. The minimum Gasteiger partial charge on any atom is -0.496 e. The van der Waals surface area contributed by atoms with Crippen molar-refractivity contribution in [2.24, 2.45) is 0 Å². The fourth-order valence-corrected chi connectivity index (χ4v) is 5.86. The summed E-state index contributed by atoms with van der Waals surface area (Å²) in [5.74, 6) is 1.82. The molecule has 0 heterocycles. The van der Waals surface area contributed by atoms with Gasteiger partial charge in [0.25, 0.3) is 0 Å². The van der Waals surface area contributed by atoms with E-state index in [0.717, 1.165) is 22.6 Å². The molecule has 0 radical (unpaired) electrons. The van der Waals surface area contributed by atoms with E-state index in [1.165, 1.54) is 55.6 Å². The average molecular weight is 463 g/mol. The molecule has 35 heavy (non-hydrogen) atoms. The van der Waals surface area contributed by atoms with E-state index in [4.69, 9.17) is 9.47 Å². The van der Waals surface area contributed by atoms with E-state index in [-0.39, 0.29) is 0 Å². The Morgan fingerprint density at radius 1 is 0.457 bits per heavy atom. The number of rotatable bonds is 4. The van der Waals surface area contributed by atoms with Crippen LogP contribution in [-0.4, -0.2) is 14.2 Å². The fraction of sp³-hybridized carbons (Fsp3) is 0.273. The van der Waals surface area contributed by atoms with Gasteiger partial charge in [-0.25, -0.2) is 0 Å². The summed E-state index contributed by atoms with van der Waals surface area (Å²) in [6.07, 6.45) is 0. The van der Waals surface area contributed by atoms with Crippen LogP contribution in [0.15, 0.2) is 60.7 Å². The zero-order chi connectivity index (χ0) is 25.1. The zero-order valence-corrected chi connectivity index (χ0v) is 22.1. The zero-order valence-electron chi connectivity index (χ0n) is 22.1. The van der Waals surface area contributed by atoms with E-state index < -0.39 is 5.41 Å². The number of methoxy groups -OCH3 is 2. The molecular formula is C33H34O2. The lowest BCUT2D eigenvalue weighted by Gasteiger charge is -2.35. The summed E-state index contributed by atoms with van der Waals surface area (Å²) in [6.45, 7) is 13.1. The first-order valence-corrected chi connectivity index (χ1v) is 12.3. The Kier molecular flexibility index (Phi) is 5.51. The summed E-state index contributed by atoms with van der Waals surface area (Å²) in [4.78, 5) is 0. The lowest BCUT2D eigenvalue weighted by Crippen LogP contribution is -2.29. The van der Waals surface area contributed by atoms with Gasteiger partial charge in [-0.2, -0.15) is 0 Å². The number of hydrogen-bond acceptors (Lipinski definition) is 2. The molecule has 0 aliphatic heterocycles. The quantitative estimate of drug-likeness (QED) is 0.270. The first-order chi connectivity index (χ1) is 16.7. The Hall–Kier alpha value is -3.52. The molecule has 0 amide bonds. The summed E-state index contributed by atoms with van der Waals surface area (Å²) in [7, 11) is 3.48. The number of aryl methyl sites for hydroxylation is 6. The van der Waals surface area contributed by atoms with Crippen LogP contribution in [0.2, 0.25) is 0 Å². The van der Waals surface area contributed by atoms with E-state index in [0.29, 0.717) is 0 Å². The van der Waals surface area contributed by atoms with Crippen molar-refractivity contribution >= 4 is 0 Å². The Morgan fingerprint density at radius 3 is 1.17 bits per heavy atom. The number of ether oxygens (including phenoxy) is 2. The second-order valence-electron chi connectivity index (χ2n) is 10.1. The summed E-state index contributed by atoms with van der Waals surface area (Å²) in [5.41, 5.74) is 14.9. The van der Waals surface area contributed by atoms with E-state index >= 15 is 0 Å². The van der Waals surface area contributed by atoms with Crippen molar-refractivity contribution in [3.8, 4) is 22.6 Å². The van der Waals surface area contributed by atoms with E-state index in [1.54, 1.807) is 14.2 Å². The molecule has 0 unspecified atom stereocenters. The molecule has 0 aromatic heterocycles. The van der Waals surface area contributed by atoms with Gasteiger partial charge in [-0.1, -0.05) is 48.5 Å². The lowest BCUT2D eigenvalue weighted by molar-refractivity contribution is 0.411. The molecule has 0 bridgehead atoms. The monoisotopic (exact) mass is 462 g/mol. The predicted octanol–water partition coefficient (Wildman–Crippen LogP) is 7.92. The van der Waals surface area contributed by atoms with Crippen molar-refractivity contribution in [1.82, 2.24) is 0 Å². The molecule has 0 fully saturated rings. The summed E-state index contributed by atoms with van der Waals surface area (Å²) >= 11 is 0. The van der Waals surface area contributed by atoms with Crippen molar-refractivity contribution < 1.29 is 9.47 Å². The number of hydrogen-bond donors (Lipinski definition) is 0. The van der Waals surface area contributed by atoms with Gasteiger partial charge >= 0.3 is 0 Å². The molecule has 0 saturated carbocycles. The standard InChI is InChI=1S/C33H34O2/c1-19-15-27-28-16-20(2)22(4)18-30(28)33(29(27)17-21(19)3,25-9-11-31(34-7)23(5)13-25)26-10-12-32(35-8)24(6)14-26/h9-18H,1-8H3. The van der Waals surface area contributed by atoms with Crippen LogP contribution in [0.5, 0.6) is 11.5 Å². The molecule has 0 saturated heterocycles. The lowest BCUT2D eigenvalue weighted by atomic mass is 9.66. The highest BCUT2D eigenvalue weighted by atomic mass is 16.5. The van der Waals surface area contributed by atoms with Crippen LogP contribution < -0.4 is 9.47 Å². The molecule has 1 aliphatic rings. The normalized spacial score (nSPS) is 13.4. The van der Waals surface area contributed by atoms with E-state index in [2.05, 4.69) is 102 Å². The van der Waals surface area contributed by atoms with Gasteiger partial charge in [-0.05, 0) is 120 Å². The van der Waals surface area contributed by atoms with Crippen LogP contribution in [0.25, 0.3) is 11.1 Å². The molecule has 0 atom stereocenters. The largest absolute Gasteiger partial charge is 0.496 e. The molecule has 4 aromatic carbocycles. The van der Waals surface area contributed by atoms with Gasteiger partial charge in [0.2, 0.25) is 0 Å². The molecule has 1 aliphatic carbocycles. The van der Waals surface area contributed by atoms with Crippen molar-refractivity contribution in [1.29, 1.82) is 0 Å². The molecular weight excluding hydrogens is 428 g/mol. The molecule has 178 valence electrons. The molecule has 2 heteroatoms. The van der Waals surface area contributed by atoms with Crippen LogP contribution in [0.4, 0.5) is 0 Å². The predicted molar refractivity (Wildman–Crippen MR) is 145 cm³/mol. The minimum absolute atomic E-state index is 0.435. The maximum Gasteiger partial charge on any atom is 0.121 e. The van der Waals surface area contributed by atoms with Gasteiger partial charge in [-0.15, -0.1) is 0 Å². The second kappa shape index (κ2) is 8.30. The topological polar surface area (TPSA) is 18.5 Å². The Bertz CT molecular complexity index is 1360. The van der Waals surface area contributed by atoms with Crippen molar-refractivity contribution in [3.05, 3.63) is 116 Å². The molecule has 5 rings (SSSR count). The maximum absolute atomic E-state index is 5.64. The first kappa shape index (κ1) is 23.2. The smallest absolute Gasteiger partial charge is 0.121 e. The maximum atomic E-state index is 5.64. The van der Waals surface area contributed by atoms with Crippen molar-refractivity contribution in [2.45, 2.75) is 47.0 Å². The second-order valence-corrected chi connectivity index (χ2v) is 10.1. The van der Waals surface area contributed by atoms with Crippen molar-refractivity contribution in [2.75, 3.05) is 14.2 Å². The summed E-state index contributed by atoms with van der Waals surface area (Å²) < 4.78 is 11.3. The Morgan fingerprint density at radius 2 is 0.829 bits per heavy atom. The van der Waals surface area contributed by atoms with Crippen molar-refractivity contribution in [3.63, 3.8) is 0 Å².